The highest BCUT2D eigenvalue weighted by Crippen LogP contribution is 2.31. The molecule has 2 N–H and O–H groups in total. The number of rotatable bonds is 3. The summed E-state index contributed by atoms with van der Waals surface area (Å²) in [6, 6.07) is 3.34. The lowest BCUT2D eigenvalue weighted by atomic mass is 10.1. The maximum absolute atomic E-state index is 12.3. The average molecular weight is 247 g/mol. The molecule has 1 aromatic carbocycles. The Balaban J connectivity index is 2.92. The van der Waals surface area contributed by atoms with Crippen molar-refractivity contribution in [1.82, 2.24) is 0 Å². The lowest BCUT2D eigenvalue weighted by Gasteiger charge is -2.08. The molecule has 1 aromatic rings. The smallest absolute Gasteiger partial charge is 0.398 e. The van der Waals surface area contributed by atoms with Gasteiger partial charge >= 0.3 is 6.18 Å². The van der Waals surface area contributed by atoms with Crippen molar-refractivity contribution in [1.29, 1.82) is 0 Å². The van der Waals surface area contributed by atoms with Gasteiger partial charge in [-0.05, 0) is 29.9 Å². The highest BCUT2D eigenvalue weighted by atomic mass is 32.1. The minimum atomic E-state index is -4.35. The van der Waals surface area contributed by atoms with Crippen molar-refractivity contribution in [2.75, 3.05) is 11.5 Å². The zero-order chi connectivity index (χ0) is 12.2. The van der Waals surface area contributed by atoms with Crippen LogP contribution in [0, 0.1) is 0 Å². The van der Waals surface area contributed by atoms with Crippen molar-refractivity contribution in [2.45, 2.75) is 12.6 Å². The van der Waals surface area contributed by atoms with Gasteiger partial charge in [0.2, 0.25) is 0 Å². The first-order valence-electron chi connectivity index (χ1n) is 4.69. The van der Waals surface area contributed by atoms with Crippen LogP contribution in [0.5, 0.6) is 0 Å². The average Bonchev–Trinajstić information content (AvgIpc) is 2.19. The predicted octanol–water partition coefficient (Wildman–Crippen LogP) is 3.62. The summed E-state index contributed by atoms with van der Waals surface area (Å²) in [4.78, 5) is 0. The molecule has 0 aromatic heterocycles. The van der Waals surface area contributed by atoms with Crippen LogP contribution in [0.4, 0.5) is 18.9 Å². The molecule has 0 fully saturated rings. The van der Waals surface area contributed by atoms with E-state index in [4.69, 9.17) is 5.73 Å². The third-order valence-corrected chi connectivity index (χ3v) is 2.27. The lowest BCUT2D eigenvalue weighted by molar-refractivity contribution is -0.137. The second-order valence-electron chi connectivity index (χ2n) is 3.26. The van der Waals surface area contributed by atoms with E-state index >= 15 is 0 Å². The van der Waals surface area contributed by atoms with Gasteiger partial charge < -0.3 is 5.73 Å². The van der Waals surface area contributed by atoms with E-state index in [-0.39, 0.29) is 5.69 Å². The van der Waals surface area contributed by atoms with Gasteiger partial charge in [0.05, 0.1) is 5.56 Å². The quantitative estimate of drug-likeness (QED) is 0.619. The first-order chi connectivity index (χ1) is 7.45. The molecule has 0 amide bonds. The third kappa shape index (κ3) is 3.48. The molecule has 0 aliphatic heterocycles. The van der Waals surface area contributed by atoms with Crippen molar-refractivity contribution in [2.24, 2.45) is 0 Å². The Labute approximate surface area is 97.6 Å². The number of hydrogen-bond donors (Lipinski definition) is 2. The summed E-state index contributed by atoms with van der Waals surface area (Å²) >= 11 is 4.02. The molecular weight excluding hydrogens is 235 g/mol. The molecule has 0 bridgehead atoms. The highest BCUT2D eigenvalue weighted by Gasteiger charge is 2.30. The number of halogens is 3. The molecule has 0 unspecified atom stereocenters. The summed E-state index contributed by atoms with van der Waals surface area (Å²) in [7, 11) is 0. The van der Waals surface area contributed by atoms with Crippen LogP contribution in [0.1, 0.15) is 17.5 Å². The van der Waals surface area contributed by atoms with E-state index in [0.29, 0.717) is 11.3 Å². The molecule has 1 rings (SSSR count). The fourth-order valence-electron chi connectivity index (χ4n) is 1.19. The van der Waals surface area contributed by atoms with E-state index in [1.807, 2.05) is 6.08 Å². The van der Waals surface area contributed by atoms with Gasteiger partial charge in [-0.3, -0.25) is 0 Å². The Bertz CT molecular complexity index is 385. The first-order valence-corrected chi connectivity index (χ1v) is 5.32. The van der Waals surface area contributed by atoms with Crippen LogP contribution in [0.15, 0.2) is 24.3 Å². The van der Waals surface area contributed by atoms with Gasteiger partial charge in [-0.2, -0.15) is 25.8 Å². The third-order valence-electron chi connectivity index (χ3n) is 2.01. The molecule has 88 valence electrons. The minimum Gasteiger partial charge on any atom is -0.398 e. The normalized spacial score (nSPS) is 12.2. The van der Waals surface area contributed by atoms with Crippen LogP contribution < -0.4 is 5.73 Å². The number of hydrogen-bond acceptors (Lipinski definition) is 2. The predicted molar refractivity (Wildman–Crippen MR) is 63.4 cm³/mol. The molecule has 1 nitrogen and oxygen atoms in total. The van der Waals surface area contributed by atoms with Gasteiger partial charge in [0.1, 0.15) is 0 Å². The van der Waals surface area contributed by atoms with Crippen molar-refractivity contribution in [3.63, 3.8) is 0 Å². The Morgan fingerprint density at radius 3 is 2.50 bits per heavy atom. The first kappa shape index (κ1) is 13.0. The molecule has 0 atom stereocenters. The molecule has 0 aliphatic rings. The van der Waals surface area contributed by atoms with Crippen molar-refractivity contribution in [3.05, 3.63) is 35.4 Å². The van der Waals surface area contributed by atoms with Gasteiger partial charge in [0.15, 0.2) is 0 Å². The van der Waals surface area contributed by atoms with E-state index in [1.54, 1.807) is 6.08 Å². The number of alkyl halides is 3. The van der Waals surface area contributed by atoms with Crippen LogP contribution in [0.3, 0.4) is 0 Å². The molecule has 0 spiro atoms. The molecule has 16 heavy (non-hydrogen) atoms. The van der Waals surface area contributed by atoms with Gasteiger partial charge in [0, 0.05) is 5.69 Å². The van der Waals surface area contributed by atoms with Crippen molar-refractivity contribution in [3.8, 4) is 0 Å². The second kappa shape index (κ2) is 5.30. The molecule has 0 aliphatic carbocycles. The molecule has 5 heteroatoms. The van der Waals surface area contributed by atoms with E-state index < -0.39 is 11.7 Å². The number of nitrogen functional groups attached to an aromatic ring is 1. The fourth-order valence-corrected chi connectivity index (χ4v) is 1.34. The van der Waals surface area contributed by atoms with Crippen LogP contribution in [-0.4, -0.2) is 5.75 Å². The Morgan fingerprint density at radius 2 is 2.00 bits per heavy atom. The van der Waals surface area contributed by atoms with Crippen LogP contribution in [-0.2, 0) is 6.18 Å². The maximum Gasteiger partial charge on any atom is 0.416 e. The van der Waals surface area contributed by atoms with Gasteiger partial charge in [0.25, 0.3) is 0 Å². The molecule has 0 heterocycles. The monoisotopic (exact) mass is 247 g/mol. The summed E-state index contributed by atoms with van der Waals surface area (Å²) in [6.07, 6.45) is -0.0668. The summed E-state index contributed by atoms with van der Waals surface area (Å²) in [5.41, 5.74) is 5.53. The minimum absolute atomic E-state index is 0.130. The molecular formula is C11H12F3NS. The Hall–Kier alpha value is -1.10. The van der Waals surface area contributed by atoms with E-state index in [0.717, 1.165) is 18.6 Å². The maximum atomic E-state index is 12.3. The molecule has 0 saturated heterocycles. The van der Waals surface area contributed by atoms with Gasteiger partial charge in [-0.25, -0.2) is 0 Å². The van der Waals surface area contributed by atoms with Gasteiger partial charge in [-0.15, -0.1) is 0 Å². The van der Waals surface area contributed by atoms with E-state index in [2.05, 4.69) is 12.6 Å². The van der Waals surface area contributed by atoms with E-state index in [1.165, 1.54) is 6.07 Å². The summed E-state index contributed by atoms with van der Waals surface area (Å²) in [5, 5.41) is 0. The van der Waals surface area contributed by atoms with Crippen LogP contribution in [0.25, 0.3) is 6.08 Å². The zero-order valence-electron chi connectivity index (χ0n) is 8.46. The lowest BCUT2D eigenvalue weighted by Crippen LogP contribution is -2.05. The largest absolute Gasteiger partial charge is 0.416 e. The number of anilines is 1. The SMILES string of the molecule is Nc1cc(C(F)(F)F)ccc1C=CCCS. The number of benzene rings is 1. The zero-order valence-corrected chi connectivity index (χ0v) is 9.35. The standard InChI is InChI=1S/C11H12F3NS/c12-11(13,14)9-5-4-8(10(15)7-9)3-1-2-6-16/h1,3-5,7,16H,2,6,15H2. The number of nitrogens with two attached hydrogens (primary N) is 1. The van der Waals surface area contributed by atoms with Crippen LogP contribution >= 0.6 is 12.6 Å². The van der Waals surface area contributed by atoms with Gasteiger partial charge in [-0.1, -0.05) is 18.2 Å². The molecule has 0 radical (unpaired) electrons. The topological polar surface area (TPSA) is 26.0 Å². The van der Waals surface area contributed by atoms with Crippen molar-refractivity contribution < 1.29 is 13.2 Å². The highest BCUT2D eigenvalue weighted by molar-refractivity contribution is 7.80. The number of thiol groups is 1. The second-order valence-corrected chi connectivity index (χ2v) is 3.70. The Morgan fingerprint density at radius 1 is 1.31 bits per heavy atom. The number of allylic oxidation sites excluding steroid dienone is 1. The van der Waals surface area contributed by atoms with E-state index in [9.17, 15) is 13.2 Å². The van der Waals surface area contributed by atoms with Crippen molar-refractivity contribution >= 4 is 24.4 Å². The fraction of sp³-hybridized carbons (Fsp3) is 0.273. The summed E-state index contributed by atoms with van der Waals surface area (Å²) in [5.74, 6) is 0.692. The Kier molecular flexibility index (Phi) is 4.29. The summed E-state index contributed by atoms with van der Waals surface area (Å²) in [6.45, 7) is 0. The van der Waals surface area contributed by atoms with Crippen LogP contribution in [0.2, 0.25) is 0 Å². The summed E-state index contributed by atoms with van der Waals surface area (Å²) < 4.78 is 37.0. The molecule has 0 saturated carbocycles.